The third-order valence-corrected chi connectivity index (χ3v) is 2.76. The van der Waals surface area contributed by atoms with Gasteiger partial charge in [-0.25, -0.2) is 0 Å². The lowest BCUT2D eigenvalue weighted by Crippen LogP contribution is -2.11. The summed E-state index contributed by atoms with van der Waals surface area (Å²) in [5.41, 5.74) is 3.27. The summed E-state index contributed by atoms with van der Waals surface area (Å²) in [5.74, 6) is 0. The van der Waals surface area contributed by atoms with Crippen molar-refractivity contribution in [3.63, 3.8) is 0 Å². The van der Waals surface area contributed by atoms with Crippen molar-refractivity contribution >= 4 is 11.0 Å². The Labute approximate surface area is 98.6 Å². The van der Waals surface area contributed by atoms with Crippen LogP contribution in [0.15, 0.2) is 47.3 Å². The van der Waals surface area contributed by atoms with Gasteiger partial charge in [-0.1, -0.05) is 18.2 Å². The Kier molecular flexibility index (Phi) is 2.63. The molecule has 3 rings (SSSR count). The standard InChI is InChI=1S/C13H13N3O/c1-2-4-13-12(3-1)11(9-17-13)8-14-5-10-6-15-16-7-10/h1-4,6-7,9,14H,5,8H2,(H,15,16). The van der Waals surface area contributed by atoms with E-state index in [-0.39, 0.29) is 0 Å². The Morgan fingerprint density at radius 1 is 1.24 bits per heavy atom. The number of para-hydroxylation sites is 1. The maximum absolute atomic E-state index is 5.48. The minimum atomic E-state index is 0.794. The zero-order valence-corrected chi connectivity index (χ0v) is 9.31. The number of H-pyrrole nitrogens is 1. The molecule has 0 unspecified atom stereocenters. The molecule has 0 fully saturated rings. The van der Waals surface area contributed by atoms with Crippen LogP contribution in [-0.2, 0) is 13.1 Å². The first-order valence-electron chi connectivity index (χ1n) is 5.57. The summed E-state index contributed by atoms with van der Waals surface area (Å²) in [4.78, 5) is 0. The number of rotatable bonds is 4. The zero-order chi connectivity index (χ0) is 11.5. The van der Waals surface area contributed by atoms with E-state index in [4.69, 9.17) is 4.42 Å². The van der Waals surface area contributed by atoms with Crippen LogP contribution in [0.3, 0.4) is 0 Å². The molecule has 0 aliphatic heterocycles. The molecule has 4 heteroatoms. The highest BCUT2D eigenvalue weighted by molar-refractivity contribution is 5.80. The highest BCUT2D eigenvalue weighted by Crippen LogP contribution is 2.20. The van der Waals surface area contributed by atoms with Crippen LogP contribution >= 0.6 is 0 Å². The molecular formula is C13H13N3O. The third kappa shape index (κ3) is 2.07. The van der Waals surface area contributed by atoms with Crippen molar-refractivity contribution < 1.29 is 4.42 Å². The molecule has 0 spiro atoms. The maximum atomic E-state index is 5.48. The van der Waals surface area contributed by atoms with Crippen LogP contribution in [0, 0.1) is 0 Å². The third-order valence-electron chi connectivity index (χ3n) is 2.76. The normalized spacial score (nSPS) is 11.1. The minimum Gasteiger partial charge on any atom is -0.464 e. The largest absolute Gasteiger partial charge is 0.464 e. The molecule has 0 amide bonds. The van der Waals surface area contributed by atoms with E-state index in [1.54, 1.807) is 0 Å². The molecule has 0 saturated heterocycles. The Morgan fingerprint density at radius 3 is 3.06 bits per heavy atom. The van der Waals surface area contributed by atoms with Gasteiger partial charge in [0, 0.05) is 35.8 Å². The summed E-state index contributed by atoms with van der Waals surface area (Å²) >= 11 is 0. The van der Waals surface area contributed by atoms with E-state index in [9.17, 15) is 0 Å². The van der Waals surface area contributed by atoms with Crippen LogP contribution in [0.2, 0.25) is 0 Å². The van der Waals surface area contributed by atoms with Gasteiger partial charge in [0.1, 0.15) is 5.58 Å². The van der Waals surface area contributed by atoms with Gasteiger partial charge in [-0.3, -0.25) is 5.10 Å². The van der Waals surface area contributed by atoms with E-state index < -0.39 is 0 Å². The summed E-state index contributed by atoms with van der Waals surface area (Å²) in [7, 11) is 0. The van der Waals surface area contributed by atoms with Crippen molar-refractivity contribution in [2.24, 2.45) is 0 Å². The molecule has 3 aromatic rings. The number of nitrogens with zero attached hydrogens (tertiary/aromatic N) is 1. The molecule has 1 aromatic carbocycles. The lowest BCUT2D eigenvalue weighted by molar-refractivity contribution is 0.602. The predicted molar refractivity (Wildman–Crippen MR) is 65.3 cm³/mol. The van der Waals surface area contributed by atoms with E-state index in [0.29, 0.717) is 0 Å². The molecule has 2 N–H and O–H groups in total. The Morgan fingerprint density at radius 2 is 2.18 bits per heavy atom. The van der Waals surface area contributed by atoms with E-state index in [1.807, 2.05) is 36.9 Å². The second-order valence-electron chi connectivity index (χ2n) is 3.97. The first kappa shape index (κ1) is 10.1. The number of hydrogen-bond acceptors (Lipinski definition) is 3. The van der Waals surface area contributed by atoms with Crippen LogP contribution in [0.4, 0.5) is 0 Å². The zero-order valence-electron chi connectivity index (χ0n) is 9.31. The van der Waals surface area contributed by atoms with Crippen molar-refractivity contribution in [3.8, 4) is 0 Å². The molecule has 0 saturated carbocycles. The minimum absolute atomic E-state index is 0.794. The lowest BCUT2D eigenvalue weighted by atomic mass is 10.2. The molecule has 2 heterocycles. The van der Waals surface area contributed by atoms with Gasteiger partial charge in [-0.2, -0.15) is 5.10 Å². The van der Waals surface area contributed by atoms with Gasteiger partial charge in [-0.05, 0) is 6.07 Å². The van der Waals surface area contributed by atoms with Crippen LogP contribution < -0.4 is 5.32 Å². The molecule has 2 aromatic heterocycles. The molecule has 0 atom stereocenters. The number of aromatic nitrogens is 2. The van der Waals surface area contributed by atoms with Crippen molar-refractivity contribution in [1.29, 1.82) is 0 Å². The van der Waals surface area contributed by atoms with E-state index in [0.717, 1.165) is 24.2 Å². The summed E-state index contributed by atoms with van der Waals surface area (Å²) < 4.78 is 5.48. The summed E-state index contributed by atoms with van der Waals surface area (Å²) in [6.07, 6.45) is 5.52. The van der Waals surface area contributed by atoms with Gasteiger partial charge in [0.15, 0.2) is 0 Å². The number of furan rings is 1. The van der Waals surface area contributed by atoms with E-state index in [2.05, 4.69) is 21.6 Å². The fourth-order valence-electron chi connectivity index (χ4n) is 1.89. The molecule has 17 heavy (non-hydrogen) atoms. The maximum Gasteiger partial charge on any atom is 0.134 e. The number of nitrogens with one attached hydrogen (secondary N) is 2. The summed E-state index contributed by atoms with van der Waals surface area (Å²) in [5, 5.41) is 11.2. The fraction of sp³-hybridized carbons (Fsp3) is 0.154. The average molecular weight is 227 g/mol. The number of aromatic amines is 1. The smallest absolute Gasteiger partial charge is 0.134 e. The van der Waals surface area contributed by atoms with Crippen LogP contribution in [-0.4, -0.2) is 10.2 Å². The summed E-state index contributed by atoms with van der Waals surface area (Å²) in [6, 6.07) is 8.06. The molecule has 86 valence electrons. The summed E-state index contributed by atoms with van der Waals surface area (Å²) in [6.45, 7) is 1.60. The Balaban J connectivity index is 1.69. The molecule has 0 aliphatic carbocycles. The highest BCUT2D eigenvalue weighted by atomic mass is 16.3. The van der Waals surface area contributed by atoms with E-state index in [1.165, 1.54) is 10.9 Å². The monoisotopic (exact) mass is 227 g/mol. The van der Waals surface area contributed by atoms with Crippen molar-refractivity contribution in [2.45, 2.75) is 13.1 Å². The van der Waals surface area contributed by atoms with Crippen LogP contribution in [0.5, 0.6) is 0 Å². The highest BCUT2D eigenvalue weighted by Gasteiger charge is 2.04. The number of benzene rings is 1. The predicted octanol–water partition coefficient (Wildman–Crippen LogP) is 2.45. The van der Waals surface area contributed by atoms with Crippen molar-refractivity contribution in [3.05, 3.63) is 54.0 Å². The van der Waals surface area contributed by atoms with Crippen molar-refractivity contribution in [2.75, 3.05) is 0 Å². The van der Waals surface area contributed by atoms with Crippen molar-refractivity contribution in [1.82, 2.24) is 15.5 Å². The molecule has 4 nitrogen and oxygen atoms in total. The Hall–Kier alpha value is -2.07. The Bertz CT molecular complexity index is 598. The lowest BCUT2D eigenvalue weighted by Gasteiger charge is -2.00. The molecular weight excluding hydrogens is 214 g/mol. The topological polar surface area (TPSA) is 53.9 Å². The van der Waals surface area contributed by atoms with Gasteiger partial charge in [0.25, 0.3) is 0 Å². The molecule has 0 aliphatic rings. The molecule has 0 radical (unpaired) electrons. The van der Waals surface area contributed by atoms with Gasteiger partial charge in [0.2, 0.25) is 0 Å². The molecule has 0 bridgehead atoms. The van der Waals surface area contributed by atoms with Gasteiger partial charge < -0.3 is 9.73 Å². The SMILES string of the molecule is c1ccc2c(CNCc3cn[nH]c3)coc2c1. The van der Waals surface area contributed by atoms with Gasteiger partial charge in [-0.15, -0.1) is 0 Å². The first-order chi connectivity index (χ1) is 8.43. The first-order valence-corrected chi connectivity index (χ1v) is 5.57. The second-order valence-corrected chi connectivity index (χ2v) is 3.97. The van der Waals surface area contributed by atoms with E-state index >= 15 is 0 Å². The number of fused-ring (bicyclic) bond motifs is 1. The number of hydrogen-bond donors (Lipinski definition) is 2. The van der Waals surface area contributed by atoms with Crippen LogP contribution in [0.25, 0.3) is 11.0 Å². The average Bonchev–Trinajstić information content (AvgIpc) is 2.99. The fourth-order valence-corrected chi connectivity index (χ4v) is 1.89. The second kappa shape index (κ2) is 4.43. The quantitative estimate of drug-likeness (QED) is 0.719. The van der Waals surface area contributed by atoms with Crippen LogP contribution in [0.1, 0.15) is 11.1 Å². The van der Waals surface area contributed by atoms with Gasteiger partial charge in [0.05, 0.1) is 12.5 Å². The van der Waals surface area contributed by atoms with Gasteiger partial charge >= 0.3 is 0 Å².